The Hall–Kier alpha value is -2.14. The van der Waals surface area contributed by atoms with Crippen LogP contribution in [0.15, 0.2) is 30.3 Å². The van der Waals surface area contributed by atoms with Crippen LogP contribution in [-0.4, -0.2) is 35.4 Å². The fourth-order valence-electron chi connectivity index (χ4n) is 3.95. The lowest BCUT2D eigenvalue weighted by Crippen LogP contribution is -2.45. The number of carbonyl (C=O) groups excluding carboxylic acids is 1. The lowest BCUT2D eigenvalue weighted by Gasteiger charge is -2.39. The normalized spacial score (nSPS) is 16.5. The zero-order chi connectivity index (χ0) is 19.4. The van der Waals surface area contributed by atoms with E-state index in [1.165, 1.54) is 11.1 Å². The lowest BCUT2D eigenvalue weighted by molar-refractivity contribution is 0.0484. The minimum Gasteiger partial charge on any atom is -0.381 e. The van der Waals surface area contributed by atoms with Gasteiger partial charge in [0.15, 0.2) is 0 Å². The number of rotatable bonds is 6. The molecule has 1 N–H and O–H groups in total. The van der Waals surface area contributed by atoms with Gasteiger partial charge in [-0.05, 0) is 49.8 Å². The van der Waals surface area contributed by atoms with Crippen LogP contribution >= 0.6 is 0 Å². The lowest BCUT2D eigenvalue weighted by atomic mass is 9.72. The molecule has 1 saturated heterocycles. The number of amides is 1. The molecule has 2 aromatic rings. The predicted octanol–water partition coefficient (Wildman–Crippen LogP) is 3.81. The third-order valence-corrected chi connectivity index (χ3v) is 5.68. The van der Waals surface area contributed by atoms with E-state index in [9.17, 15) is 4.79 Å². The number of ether oxygens (including phenoxy) is 1. The molecule has 1 aromatic carbocycles. The van der Waals surface area contributed by atoms with E-state index in [-0.39, 0.29) is 11.3 Å². The number of nitrogens with zero attached hydrogens (tertiary/aromatic N) is 2. The van der Waals surface area contributed by atoms with Crippen molar-refractivity contribution in [3.05, 3.63) is 52.8 Å². The van der Waals surface area contributed by atoms with Gasteiger partial charge in [0.1, 0.15) is 5.69 Å². The highest BCUT2D eigenvalue weighted by Gasteiger charge is 2.36. The van der Waals surface area contributed by atoms with Crippen molar-refractivity contribution in [2.24, 2.45) is 0 Å². The summed E-state index contributed by atoms with van der Waals surface area (Å²) < 4.78 is 7.42. The molecular formula is C22H31N3O2. The van der Waals surface area contributed by atoms with E-state index in [2.05, 4.69) is 55.5 Å². The molecule has 5 nitrogen and oxygen atoms in total. The van der Waals surface area contributed by atoms with Gasteiger partial charge >= 0.3 is 0 Å². The summed E-state index contributed by atoms with van der Waals surface area (Å²) in [7, 11) is 0. The van der Waals surface area contributed by atoms with E-state index in [0.717, 1.165) is 31.7 Å². The summed E-state index contributed by atoms with van der Waals surface area (Å²) in [6, 6.07) is 10.4. The van der Waals surface area contributed by atoms with Gasteiger partial charge in [0.2, 0.25) is 0 Å². The van der Waals surface area contributed by atoms with Crippen molar-refractivity contribution in [3.63, 3.8) is 0 Å². The number of nitrogens with one attached hydrogen (secondary N) is 1. The summed E-state index contributed by atoms with van der Waals surface area (Å²) >= 11 is 0. The molecule has 0 atom stereocenters. The largest absolute Gasteiger partial charge is 0.381 e. The molecule has 3 rings (SSSR count). The fraction of sp³-hybridized carbons (Fsp3) is 0.545. The van der Waals surface area contributed by atoms with Gasteiger partial charge < -0.3 is 10.1 Å². The second-order valence-corrected chi connectivity index (χ2v) is 7.82. The highest BCUT2D eigenvalue weighted by molar-refractivity contribution is 5.92. The highest BCUT2D eigenvalue weighted by Crippen LogP contribution is 2.36. The molecule has 0 aliphatic carbocycles. The van der Waals surface area contributed by atoms with Gasteiger partial charge in [0.25, 0.3) is 5.91 Å². The van der Waals surface area contributed by atoms with Crippen LogP contribution in [-0.2, 0) is 16.7 Å². The van der Waals surface area contributed by atoms with Crippen molar-refractivity contribution in [2.45, 2.75) is 58.4 Å². The second-order valence-electron chi connectivity index (χ2n) is 7.82. The first-order valence-corrected chi connectivity index (χ1v) is 9.96. The molecule has 0 unspecified atom stereocenters. The molecule has 0 saturated carbocycles. The smallest absolute Gasteiger partial charge is 0.269 e. The van der Waals surface area contributed by atoms with E-state index in [0.29, 0.717) is 24.7 Å². The summed E-state index contributed by atoms with van der Waals surface area (Å²) in [5.41, 5.74) is 4.13. The highest BCUT2D eigenvalue weighted by atomic mass is 16.5. The third-order valence-electron chi connectivity index (χ3n) is 5.68. The van der Waals surface area contributed by atoms with Crippen molar-refractivity contribution >= 4 is 5.91 Å². The first-order chi connectivity index (χ1) is 13.0. The molecule has 1 aliphatic heterocycles. The Labute approximate surface area is 162 Å². The monoisotopic (exact) mass is 369 g/mol. The average molecular weight is 370 g/mol. The van der Waals surface area contributed by atoms with E-state index < -0.39 is 0 Å². The van der Waals surface area contributed by atoms with Crippen molar-refractivity contribution in [1.82, 2.24) is 15.1 Å². The molecule has 1 fully saturated rings. The molecule has 0 spiro atoms. The number of aromatic nitrogens is 2. The third kappa shape index (κ3) is 4.08. The Morgan fingerprint density at radius 3 is 2.63 bits per heavy atom. The summed E-state index contributed by atoms with van der Waals surface area (Å²) in [4.78, 5) is 13.0. The molecule has 146 valence electrons. The van der Waals surface area contributed by atoms with Gasteiger partial charge in [0.05, 0.1) is 5.69 Å². The Bertz CT molecular complexity index is 789. The van der Waals surface area contributed by atoms with Crippen LogP contribution in [0.4, 0.5) is 0 Å². The van der Waals surface area contributed by atoms with Crippen LogP contribution in [0.3, 0.4) is 0 Å². The second kappa shape index (κ2) is 8.26. The van der Waals surface area contributed by atoms with Crippen LogP contribution in [0.1, 0.15) is 66.8 Å². The Kier molecular flexibility index (Phi) is 6.00. The van der Waals surface area contributed by atoms with Gasteiger partial charge in [-0.2, -0.15) is 5.10 Å². The van der Waals surface area contributed by atoms with E-state index >= 15 is 0 Å². The molecule has 5 heteroatoms. The average Bonchev–Trinajstić information content (AvgIpc) is 3.12. The fourth-order valence-corrected chi connectivity index (χ4v) is 3.95. The molecule has 0 radical (unpaired) electrons. The van der Waals surface area contributed by atoms with Crippen molar-refractivity contribution in [1.29, 1.82) is 0 Å². The summed E-state index contributed by atoms with van der Waals surface area (Å²) in [5.74, 6) is 0.258. The minimum absolute atomic E-state index is 0.0456. The number of benzene rings is 1. The first-order valence-electron chi connectivity index (χ1n) is 9.96. The molecule has 1 aromatic heterocycles. The van der Waals surface area contributed by atoms with Crippen LogP contribution < -0.4 is 5.32 Å². The van der Waals surface area contributed by atoms with Crippen molar-refractivity contribution in [3.8, 4) is 0 Å². The summed E-state index contributed by atoms with van der Waals surface area (Å²) in [6.07, 6.45) is 1.84. The van der Waals surface area contributed by atoms with Gasteiger partial charge in [-0.15, -0.1) is 0 Å². The van der Waals surface area contributed by atoms with Crippen LogP contribution in [0.25, 0.3) is 0 Å². The quantitative estimate of drug-likeness (QED) is 0.842. The minimum atomic E-state index is -0.0722. The van der Waals surface area contributed by atoms with Gasteiger partial charge in [-0.1, -0.05) is 38.1 Å². The zero-order valence-electron chi connectivity index (χ0n) is 16.9. The maximum Gasteiger partial charge on any atom is 0.269 e. The zero-order valence-corrected chi connectivity index (χ0v) is 16.9. The first kappa shape index (κ1) is 19.6. The Balaban J connectivity index is 1.82. The SMILES string of the molecule is CCn1nc(C(C)C)cc1C(=O)NCC1(c2ccccc2C)CCOCC1. The van der Waals surface area contributed by atoms with Gasteiger partial charge in [-0.25, -0.2) is 0 Å². The molecule has 27 heavy (non-hydrogen) atoms. The number of carbonyl (C=O) groups is 1. The molecule has 1 aliphatic rings. The molecular weight excluding hydrogens is 338 g/mol. The maximum atomic E-state index is 13.0. The Morgan fingerprint density at radius 2 is 2.00 bits per heavy atom. The van der Waals surface area contributed by atoms with Crippen molar-refractivity contribution in [2.75, 3.05) is 19.8 Å². The molecule has 0 bridgehead atoms. The number of hydrogen-bond acceptors (Lipinski definition) is 3. The Morgan fingerprint density at radius 1 is 1.30 bits per heavy atom. The topological polar surface area (TPSA) is 56.2 Å². The van der Waals surface area contributed by atoms with Gasteiger partial charge in [0, 0.05) is 31.7 Å². The maximum absolute atomic E-state index is 13.0. The molecule has 1 amide bonds. The standard InChI is InChI=1S/C22H31N3O2/c1-5-25-20(14-19(24-25)16(2)3)21(26)23-15-22(10-12-27-13-11-22)18-9-7-6-8-17(18)4/h6-9,14,16H,5,10-13,15H2,1-4H3,(H,23,26). The van der Waals surface area contributed by atoms with E-state index in [4.69, 9.17) is 4.74 Å². The number of aryl methyl sites for hydroxylation is 2. The van der Waals surface area contributed by atoms with Crippen LogP contribution in [0.5, 0.6) is 0 Å². The van der Waals surface area contributed by atoms with Gasteiger partial charge in [-0.3, -0.25) is 9.48 Å². The molecule has 2 heterocycles. The van der Waals surface area contributed by atoms with E-state index in [1.807, 2.05) is 13.0 Å². The summed E-state index contributed by atoms with van der Waals surface area (Å²) in [6.45, 7) is 11.1. The van der Waals surface area contributed by atoms with Crippen LogP contribution in [0, 0.1) is 6.92 Å². The summed E-state index contributed by atoms with van der Waals surface area (Å²) in [5, 5.41) is 7.78. The van der Waals surface area contributed by atoms with Crippen molar-refractivity contribution < 1.29 is 9.53 Å². The van der Waals surface area contributed by atoms with Crippen LogP contribution in [0.2, 0.25) is 0 Å². The van der Waals surface area contributed by atoms with E-state index in [1.54, 1.807) is 4.68 Å². The number of hydrogen-bond donors (Lipinski definition) is 1. The predicted molar refractivity (Wildman–Crippen MR) is 107 cm³/mol.